The van der Waals surface area contributed by atoms with Crippen LogP contribution in [0.1, 0.15) is 5.56 Å². The van der Waals surface area contributed by atoms with E-state index in [1.807, 2.05) is 0 Å². The smallest absolute Gasteiger partial charge is 0.367 e. The Balaban J connectivity index is 1.95. The minimum Gasteiger partial charge on any atom is -0.367 e. The summed E-state index contributed by atoms with van der Waals surface area (Å²) in [7, 11) is -3.29. The van der Waals surface area contributed by atoms with Crippen LogP contribution in [0.25, 0.3) is 5.52 Å². The van der Waals surface area contributed by atoms with Gasteiger partial charge in [0.05, 0.1) is 35.5 Å². The molecule has 0 aromatic carbocycles. The van der Waals surface area contributed by atoms with E-state index in [0.29, 0.717) is 24.3 Å². The number of hydrogen-bond donors (Lipinski definition) is 0. The van der Waals surface area contributed by atoms with E-state index in [0.717, 1.165) is 18.5 Å². The molecule has 23 heavy (non-hydrogen) atoms. The van der Waals surface area contributed by atoms with Gasteiger partial charge >= 0.3 is 6.18 Å². The third-order valence-corrected chi connectivity index (χ3v) is 5.18. The summed E-state index contributed by atoms with van der Waals surface area (Å²) in [6.07, 6.45) is 0.488. The van der Waals surface area contributed by atoms with Gasteiger partial charge in [0, 0.05) is 32.4 Å². The van der Waals surface area contributed by atoms with E-state index in [4.69, 9.17) is 0 Å². The number of rotatable bonds is 2. The summed E-state index contributed by atoms with van der Waals surface area (Å²) >= 11 is 0. The Morgan fingerprint density at radius 2 is 1.83 bits per heavy atom. The minimum atomic E-state index is -4.46. The van der Waals surface area contributed by atoms with Crippen molar-refractivity contribution >= 4 is 21.2 Å². The van der Waals surface area contributed by atoms with E-state index in [1.54, 1.807) is 4.90 Å². The Morgan fingerprint density at radius 3 is 2.39 bits per heavy atom. The van der Waals surface area contributed by atoms with Crippen LogP contribution in [0.3, 0.4) is 0 Å². The quantitative estimate of drug-likeness (QED) is 0.824. The number of fused-ring (bicyclic) bond motifs is 1. The maximum atomic E-state index is 13.0. The SMILES string of the molecule is CS(=O)(=O)N1CCN(c2cc(C(F)(F)F)cn3cncc23)CC1. The average Bonchev–Trinajstić information content (AvgIpc) is 2.93. The summed E-state index contributed by atoms with van der Waals surface area (Å²) in [6.45, 7) is 1.15. The molecule has 2 aromatic rings. The molecule has 1 saturated heterocycles. The lowest BCUT2D eigenvalue weighted by molar-refractivity contribution is -0.137. The molecular formula is C13H15F3N4O2S. The van der Waals surface area contributed by atoms with E-state index in [1.165, 1.54) is 21.2 Å². The standard InChI is InChI=1S/C13H15F3N4O2S/c1-23(21,22)20-4-2-18(3-5-20)11-6-10(13(14,15)16)8-19-9-17-7-12(11)19/h6-9H,2-5H2,1H3. The van der Waals surface area contributed by atoms with E-state index in [-0.39, 0.29) is 13.1 Å². The number of alkyl halides is 3. The van der Waals surface area contributed by atoms with Crippen LogP contribution in [0.4, 0.5) is 18.9 Å². The van der Waals surface area contributed by atoms with E-state index < -0.39 is 21.8 Å². The molecule has 0 aliphatic carbocycles. The largest absolute Gasteiger partial charge is 0.417 e. The van der Waals surface area contributed by atoms with Crippen molar-refractivity contribution in [2.75, 3.05) is 37.3 Å². The number of aromatic nitrogens is 2. The monoisotopic (exact) mass is 348 g/mol. The molecular weight excluding hydrogens is 333 g/mol. The molecule has 0 spiro atoms. The highest BCUT2D eigenvalue weighted by atomic mass is 32.2. The van der Waals surface area contributed by atoms with Gasteiger partial charge in [0.2, 0.25) is 10.0 Å². The lowest BCUT2D eigenvalue weighted by Crippen LogP contribution is -2.48. The molecule has 6 nitrogen and oxygen atoms in total. The van der Waals surface area contributed by atoms with E-state index >= 15 is 0 Å². The molecule has 0 saturated carbocycles. The van der Waals surface area contributed by atoms with Gasteiger partial charge in [0.25, 0.3) is 0 Å². The number of sulfonamides is 1. The molecule has 0 unspecified atom stereocenters. The van der Waals surface area contributed by atoms with Gasteiger partial charge in [-0.15, -0.1) is 0 Å². The van der Waals surface area contributed by atoms with Crippen molar-refractivity contribution in [2.45, 2.75) is 6.18 Å². The van der Waals surface area contributed by atoms with Gasteiger partial charge in [-0.25, -0.2) is 13.4 Å². The zero-order valence-corrected chi connectivity index (χ0v) is 13.1. The maximum absolute atomic E-state index is 13.0. The fourth-order valence-corrected chi connectivity index (χ4v) is 3.51. The van der Waals surface area contributed by atoms with Crippen molar-refractivity contribution in [3.8, 4) is 0 Å². The van der Waals surface area contributed by atoms with Gasteiger partial charge < -0.3 is 9.30 Å². The Labute approximate surface area is 131 Å². The van der Waals surface area contributed by atoms with Crippen molar-refractivity contribution < 1.29 is 21.6 Å². The number of nitrogens with zero attached hydrogens (tertiary/aromatic N) is 4. The zero-order valence-electron chi connectivity index (χ0n) is 12.3. The van der Waals surface area contributed by atoms with Crippen LogP contribution in [-0.2, 0) is 16.2 Å². The highest BCUT2D eigenvalue weighted by Gasteiger charge is 2.33. The normalized spacial score (nSPS) is 17.8. The molecule has 0 radical (unpaired) electrons. The number of halogens is 3. The molecule has 3 rings (SSSR count). The van der Waals surface area contributed by atoms with Crippen molar-refractivity contribution in [1.29, 1.82) is 0 Å². The molecule has 1 fully saturated rings. The average molecular weight is 348 g/mol. The third-order valence-electron chi connectivity index (χ3n) is 3.87. The van der Waals surface area contributed by atoms with Crippen LogP contribution < -0.4 is 4.90 Å². The number of imidazole rings is 1. The summed E-state index contributed by atoms with van der Waals surface area (Å²) in [5.74, 6) is 0. The van der Waals surface area contributed by atoms with Gasteiger partial charge in [-0.2, -0.15) is 17.5 Å². The molecule has 1 aliphatic heterocycles. The van der Waals surface area contributed by atoms with Crippen LogP contribution in [0.5, 0.6) is 0 Å². The number of hydrogen-bond acceptors (Lipinski definition) is 4. The molecule has 0 amide bonds. The first-order valence-corrected chi connectivity index (χ1v) is 8.74. The summed E-state index contributed by atoms with van der Waals surface area (Å²) in [5, 5.41) is 0. The molecule has 2 aromatic heterocycles. The molecule has 3 heterocycles. The number of piperazine rings is 1. The molecule has 1 aliphatic rings. The molecule has 0 atom stereocenters. The topological polar surface area (TPSA) is 57.9 Å². The van der Waals surface area contributed by atoms with Gasteiger partial charge in [-0.3, -0.25) is 0 Å². The highest BCUT2D eigenvalue weighted by Crippen LogP contribution is 2.34. The Kier molecular flexibility index (Phi) is 3.75. The first-order chi connectivity index (χ1) is 10.7. The van der Waals surface area contributed by atoms with Gasteiger partial charge in [-0.05, 0) is 6.07 Å². The second kappa shape index (κ2) is 5.38. The van der Waals surface area contributed by atoms with Crippen molar-refractivity contribution in [2.24, 2.45) is 0 Å². The second-order valence-electron chi connectivity index (χ2n) is 5.45. The van der Waals surface area contributed by atoms with Crippen LogP contribution in [0.2, 0.25) is 0 Å². The lowest BCUT2D eigenvalue weighted by atomic mass is 10.2. The summed E-state index contributed by atoms with van der Waals surface area (Å²) < 4.78 is 64.9. The number of anilines is 1. The molecule has 0 N–H and O–H groups in total. The third kappa shape index (κ3) is 3.13. The first-order valence-electron chi connectivity index (χ1n) is 6.89. The summed E-state index contributed by atoms with van der Waals surface area (Å²) in [6, 6.07) is 1.09. The van der Waals surface area contributed by atoms with Crippen LogP contribution in [0, 0.1) is 0 Å². The second-order valence-corrected chi connectivity index (χ2v) is 7.43. The van der Waals surface area contributed by atoms with Gasteiger partial charge in [0.15, 0.2) is 0 Å². The van der Waals surface area contributed by atoms with Crippen molar-refractivity contribution in [3.63, 3.8) is 0 Å². The van der Waals surface area contributed by atoms with Crippen LogP contribution >= 0.6 is 0 Å². The summed E-state index contributed by atoms with van der Waals surface area (Å²) in [4.78, 5) is 5.65. The molecule has 0 bridgehead atoms. The highest BCUT2D eigenvalue weighted by molar-refractivity contribution is 7.88. The predicted molar refractivity (Wildman–Crippen MR) is 78.8 cm³/mol. The molecule has 126 valence electrons. The van der Waals surface area contributed by atoms with Crippen LogP contribution in [0.15, 0.2) is 24.8 Å². The van der Waals surface area contributed by atoms with Gasteiger partial charge in [0.1, 0.15) is 0 Å². The van der Waals surface area contributed by atoms with Crippen molar-refractivity contribution in [1.82, 2.24) is 13.7 Å². The Bertz CT molecular complexity index is 823. The van der Waals surface area contributed by atoms with E-state index in [2.05, 4.69) is 4.98 Å². The fourth-order valence-electron chi connectivity index (χ4n) is 2.68. The van der Waals surface area contributed by atoms with Crippen LogP contribution in [-0.4, -0.2) is 54.5 Å². The predicted octanol–water partition coefficient (Wildman–Crippen LogP) is 1.43. The number of pyridine rings is 1. The maximum Gasteiger partial charge on any atom is 0.417 e. The van der Waals surface area contributed by atoms with Crippen molar-refractivity contribution in [3.05, 3.63) is 30.4 Å². The fraction of sp³-hybridized carbons (Fsp3) is 0.462. The van der Waals surface area contributed by atoms with Gasteiger partial charge in [-0.1, -0.05) is 0 Å². The Hall–Kier alpha value is -1.81. The first kappa shape index (κ1) is 16.1. The minimum absolute atomic E-state index is 0.245. The lowest BCUT2D eigenvalue weighted by Gasteiger charge is -2.35. The summed E-state index contributed by atoms with van der Waals surface area (Å²) in [5.41, 5.74) is 0.208. The van der Waals surface area contributed by atoms with E-state index in [9.17, 15) is 21.6 Å². The zero-order chi connectivity index (χ0) is 16.8. The molecule has 10 heteroatoms. The Morgan fingerprint density at radius 1 is 1.17 bits per heavy atom.